The fourth-order valence-corrected chi connectivity index (χ4v) is 3.88. The molecule has 1 saturated heterocycles. The second-order valence-electron chi connectivity index (χ2n) is 7.47. The van der Waals surface area contributed by atoms with Gasteiger partial charge in [0.25, 0.3) is 0 Å². The first kappa shape index (κ1) is 21.5. The van der Waals surface area contributed by atoms with Gasteiger partial charge in [-0.2, -0.15) is 4.98 Å². The maximum atomic E-state index is 13.5. The highest BCUT2D eigenvalue weighted by Gasteiger charge is 2.42. The summed E-state index contributed by atoms with van der Waals surface area (Å²) in [5.74, 6) is -1.02. The van der Waals surface area contributed by atoms with Crippen LogP contribution in [0.3, 0.4) is 0 Å². The van der Waals surface area contributed by atoms with E-state index in [1.807, 2.05) is 30.3 Å². The number of hydrogen-bond acceptors (Lipinski definition) is 9. The standard InChI is InChI=1S/C21H23N5O6/c1-12(27)31-16-8-14(9-17(28)30-2)32-19(16)26-18-15(10-23-20(22)24-18)25(21(26)29)11-13-6-4-3-5-7-13/h3-7,10,14,16,19H,8-9,11H2,1-2H3,(H2,22,23,24)/t14-,16+,19+/m0/s1. The van der Waals surface area contributed by atoms with Gasteiger partial charge in [-0.15, -0.1) is 0 Å². The van der Waals surface area contributed by atoms with Crippen LogP contribution in [-0.2, 0) is 30.3 Å². The molecule has 1 aliphatic heterocycles. The lowest BCUT2D eigenvalue weighted by Gasteiger charge is -2.19. The number of hydrogen-bond donors (Lipinski definition) is 1. The highest BCUT2D eigenvalue weighted by atomic mass is 16.6. The summed E-state index contributed by atoms with van der Waals surface area (Å²) < 4.78 is 18.9. The molecule has 0 radical (unpaired) electrons. The fraction of sp³-hybridized carbons (Fsp3) is 0.381. The van der Waals surface area contributed by atoms with E-state index >= 15 is 0 Å². The largest absolute Gasteiger partial charge is 0.469 e. The Morgan fingerprint density at radius 2 is 2.03 bits per heavy atom. The summed E-state index contributed by atoms with van der Waals surface area (Å²) in [5.41, 5.74) is 6.97. The number of aromatic nitrogens is 4. The number of anilines is 1. The number of ether oxygens (including phenoxy) is 3. The lowest BCUT2D eigenvalue weighted by molar-refractivity contribution is -0.153. The molecule has 2 aromatic heterocycles. The lowest BCUT2D eigenvalue weighted by Crippen LogP contribution is -2.33. The van der Waals surface area contributed by atoms with Gasteiger partial charge in [0, 0.05) is 13.3 Å². The maximum absolute atomic E-state index is 13.5. The van der Waals surface area contributed by atoms with Crippen LogP contribution in [-0.4, -0.2) is 50.4 Å². The number of methoxy groups -OCH3 is 1. The van der Waals surface area contributed by atoms with Gasteiger partial charge in [-0.25, -0.2) is 14.3 Å². The summed E-state index contributed by atoms with van der Waals surface area (Å²) in [5, 5.41) is 0. The van der Waals surface area contributed by atoms with Crippen molar-refractivity contribution >= 4 is 29.1 Å². The molecule has 3 heterocycles. The van der Waals surface area contributed by atoms with Gasteiger partial charge >= 0.3 is 17.6 Å². The van der Waals surface area contributed by atoms with Gasteiger partial charge in [0.05, 0.1) is 32.4 Å². The molecule has 11 nitrogen and oxygen atoms in total. The van der Waals surface area contributed by atoms with Crippen molar-refractivity contribution in [2.24, 2.45) is 0 Å². The molecule has 0 unspecified atom stereocenters. The number of nitrogens with zero attached hydrogens (tertiary/aromatic N) is 4. The predicted molar refractivity (Wildman–Crippen MR) is 112 cm³/mol. The molecule has 32 heavy (non-hydrogen) atoms. The topological polar surface area (TPSA) is 141 Å². The number of carbonyl (C=O) groups is 2. The minimum atomic E-state index is -0.991. The third-order valence-electron chi connectivity index (χ3n) is 5.25. The Labute approximate surface area is 182 Å². The molecule has 0 aliphatic carbocycles. The maximum Gasteiger partial charge on any atom is 0.332 e. The Hall–Kier alpha value is -3.73. The van der Waals surface area contributed by atoms with Crippen molar-refractivity contribution in [2.45, 2.75) is 44.7 Å². The number of carbonyl (C=O) groups excluding carboxylic acids is 2. The first-order valence-electron chi connectivity index (χ1n) is 10.0. The predicted octanol–water partition coefficient (Wildman–Crippen LogP) is 1.01. The Morgan fingerprint density at radius 3 is 2.72 bits per heavy atom. The Morgan fingerprint density at radius 1 is 1.28 bits per heavy atom. The number of imidazole rings is 1. The van der Waals surface area contributed by atoms with Gasteiger partial charge in [0.2, 0.25) is 5.95 Å². The van der Waals surface area contributed by atoms with Crippen LogP contribution in [0.15, 0.2) is 41.3 Å². The number of rotatable bonds is 6. The van der Waals surface area contributed by atoms with Crippen LogP contribution >= 0.6 is 0 Å². The molecule has 4 rings (SSSR count). The molecule has 11 heteroatoms. The number of benzene rings is 1. The van der Waals surface area contributed by atoms with E-state index in [2.05, 4.69) is 9.97 Å². The monoisotopic (exact) mass is 441 g/mol. The zero-order chi connectivity index (χ0) is 22.8. The lowest BCUT2D eigenvalue weighted by atomic mass is 10.1. The third-order valence-corrected chi connectivity index (χ3v) is 5.25. The second-order valence-corrected chi connectivity index (χ2v) is 7.47. The molecule has 0 amide bonds. The molecular weight excluding hydrogens is 418 g/mol. The SMILES string of the molecule is COC(=O)C[C@@H]1C[C@@H](OC(C)=O)[C@H](n2c(=O)n(Cc3ccccc3)c3cnc(N)nc32)O1. The molecular formula is C21H23N5O6. The number of nitrogens with two attached hydrogens (primary N) is 1. The normalized spacial score (nSPS) is 20.4. The van der Waals surface area contributed by atoms with E-state index < -0.39 is 36.1 Å². The second kappa shape index (κ2) is 8.79. The average molecular weight is 441 g/mol. The van der Waals surface area contributed by atoms with E-state index in [9.17, 15) is 14.4 Å². The molecule has 3 atom stereocenters. The van der Waals surface area contributed by atoms with Crippen LogP contribution in [0.2, 0.25) is 0 Å². The van der Waals surface area contributed by atoms with Gasteiger partial charge < -0.3 is 19.9 Å². The first-order valence-corrected chi connectivity index (χ1v) is 10.0. The van der Waals surface area contributed by atoms with Gasteiger partial charge in [-0.1, -0.05) is 30.3 Å². The van der Waals surface area contributed by atoms with E-state index in [0.717, 1.165) is 5.56 Å². The van der Waals surface area contributed by atoms with Crippen LogP contribution in [0.5, 0.6) is 0 Å². The highest BCUT2D eigenvalue weighted by Crippen LogP contribution is 2.34. The molecule has 1 aromatic carbocycles. The van der Waals surface area contributed by atoms with Crippen LogP contribution in [0.1, 0.15) is 31.6 Å². The minimum Gasteiger partial charge on any atom is -0.469 e. The average Bonchev–Trinajstić information content (AvgIpc) is 3.25. The van der Waals surface area contributed by atoms with Gasteiger partial charge in [-0.3, -0.25) is 14.2 Å². The quantitative estimate of drug-likeness (QED) is 0.555. The smallest absolute Gasteiger partial charge is 0.332 e. The van der Waals surface area contributed by atoms with E-state index in [0.29, 0.717) is 5.52 Å². The minimum absolute atomic E-state index is 0.0174. The third kappa shape index (κ3) is 4.19. The molecule has 3 aromatic rings. The van der Waals surface area contributed by atoms with Crippen LogP contribution in [0.25, 0.3) is 11.2 Å². The van der Waals surface area contributed by atoms with Crippen LogP contribution in [0.4, 0.5) is 5.95 Å². The molecule has 0 bridgehead atoms. The van der Waals surface area contributed by atoms with Crippen molar-refractivity contribution in [3.05, 3.63) is 52.6 Å². The first-order chi connectivity index (χ1) is 15.4. The van der Waals surface area contributed by atoms with Crippen molar-refractivity contribution in [3.8, 4) is 0 Å². The van der Waals surface area contributed by atoms with Crippen molar-refractivity contribution in [1.82, 2.24) is 19.1 Å². The molecule has 1 aliphatic rings. The summed E-state index contributed by atoms with van der Waals surface area (Å²) in [4.78, 5) is 45.3. The zero-order valence-corrected chi connectivity index (χ0v) is 17.6. The molecule has 0 saturated carbocycles. The highest BCUT2D eigenvalue weighted by molar-refractivity contribution is 5.72. The van der Waals surface area contributed by atoms with E-state index in [1.165, 1.54) is 29.4 Å². The zero-order valence-electron chi connectivity index (χ0n) is 17.6. The molecule has 1 fully saturated rings. The van der Waals surface area contributed by atoms with Crippen molar-refractivity contribution in [2.75, 3.05) is 12.8 Å². The molecule has 2 N–H and O–H groups in total. The molecule has 168 valence electrons. The van der Waals surface area contributed by atoms with Gasteiger partial charge in [-0.05, 0) is 5.56 Å². The van der Waals surface area contributed by atoms with E-state index in [1.54, 1.807) is 0 Å². The van der Waals surface area contributed by atoms with Crippen LogP contribution < -0.4 is 11.4 Å². The van der Waals surface area contributed by atoms with Crippen LogP contribution in [0, 0.1) is 0 Å². The van der Waals surface area contributed by atoms with Crippen molar-refractivity contribution in [1.29, 1.82) is 0 Å². The Bertz CT molecular complexity index is 1200. The van der Waals surface area contributed by atoms with Crippen molar-refractivity contribution in [3.63, 3.8) is 0 Å². The molecule has 0 spiro atoms. The fourth-order valence-electron chi connectivity index (χ4n) is 3.88. The van der Waals surface area contributed by atoms with E-state index in [4.69, 9.17) is 19.9 Å². The van der Waals surface area contributed by atoms with Gasteiger partial charge in [0.1, 0.15) is 11.6 Å². The Kier molecular flexibility index (Phi) is 5.91. The summed E-state index contributed by atoms with van der Waals surface area (Å²) in [6.45, 7) is 1.54. The summed E-state index contributed by atoms with van der Waals surface area (Å²) in [7, 11) is 1.28. The summed E-state index contributed by atoms with van der Waals surface area (Å²) in [6, 6.07) is 9.43. The number of esters is 2. The summed E-state index contributed by atoms with van der Waals surface area (Å²) >= 11 is 0. The number of nitrogen functional groups attached to an aromatic ring is 1. The van der Waals surface area contributed by atoms with Crippen molar-refractivity contribution < 1.29 is 23.8 Å². The Balaban J connectivity index is 1.80. The number of fused-ring (bicyclic) bond motifs is 1. The van der Waals surface area contributed by atoms with E-state index in [-0.39, 0.29) is 31.0 Å². The summed E-state index contributed by atoms with van der Waals surface area (Å²) in [6.07, 6.45) is -0.742. The van der Waals surface area contributed by atoms with Gasteiger partial charge in [0.15, 0.2) is 11.9 Å².